The summed E-state index contributed by atoms with van der Waals surface area (Å²) in [4.78, 5) is 25.5. The van der Waals surface area contributed by atoms with Crippen LogP contribution in [0.25, 0.3) is 0 Å². The van der Waals surface area contributed by atoms with Crippen LogP contribution in [0.15, 0.2) is 24.5 Å². The fraction of sp³-hybridized carbons (Fsp3) is 0.417. The van der Waals surface area contributed by atoms with E-state index < -0.39 is 30.4 Å². The summed E-state index contributed by atoms with van der Waals surface area (Å²) in [6.07, 6.45) is -5.09. The lowest BCUT2D eigenvalue weighted by atomic mass is 10.0. The number of aromatic nitrogens is 1. The number of pyridine rings is 1. The van der Waals surface area contributed by atoms with Crippen LogP contribution in [0.3, 0.4) is 0 Å². The molecule has 0 saturated heterocycles. The minimum Gasteiger partial charge on any atom is -0.459 e. The monoisotopic (exact) mass is 285 g/mol. The summed E-state index contributed by atoms with van der Waals surface area (Å²) in [6, 6.07) is 3.26. The summed E-state index contributed by atoms with van der Waals surface area (Å²) in [5.74, 6) is -1.20. The lowest BCUT2D eigenvalue weighted by Gasteiger charge is -2.22. The van der Waals surface area contributed by atoms with Gasteiger partial charge >= 0.3 is 5.97 Å². The summed E-state index contributed by atoms with van der Waals surface area (Å²) in [7, 11) is 0. The zero-order valence-corrected chi connectivity index (χ0v) is 10.4. The zero-order valence-electron chi connectivity index (χ0n) is 10.4. The van der Waals surface area contributed by atoms with E-state index in [9.17, 15) is 24.9 Å². The Bertz CT molecular complexity index is 439. The van der Waals surface area contributed by atoms with E-state index in [0.717, 1.165) is 0 Å². The highest BCUT2D eigenvalue weighted by Gasteiger charge is 2.35. The molecule has 1 heterocycles. The van der Waals surface area contributed by atoms with Gasteiger partial charge in [-0.1, -0.05) is 6.07 Å². The number of aliphatic hydroxyl groups excluding tert-OH is 4. The zero-order chi connectivity index (χ0) is 15.1. The van der Waals surface area contributed by atoms with Gasteiger partial charge in [-0.05, 0) is 6.07 Å². The molecule has 1 aromatic heterocycles. The molecule has 0 aliphatic carbocycles. The highest BCUT2D eigenvalue weighted by Crippen LogP contribution is 2.07. The highest BCUT2D eigenvalue weighted by atomic mass is 16.5. The third kappa shape index (κ3) is 4.35. The van der Waals surface area contributed by atoms with Gasteiger partial charge in [0, 0.05) is 18.0 Å². The maximum atomic E-state index is 11.4. The van der Waals surface area contributed by atoms with E-state index in [0.29, 0.717) is 5.56 Å². The standard InChI is InChI=1S/C12H15NO7/c14-5-8(15)9(16)10(17)11(18)12(19)20-6-7-2-1-3-13-4-7/h1-5,8-11,15-18H,6H2/t8-,9+,10-,11-/m0/s1. The summed E-state index contributed by atoms with van der Waals surface area (Å²) < 4.78 is 4.70. The Morgan fingerprint density at radius 3 is 2.55 bits per heavy atom. The van der Waals surface area contributed by atoms with Crippen molar-refractivity contribution in [3.05, 3.63) is 30.1 Å². The van der Waals surface area contributed by atoms with Gasteiger partial charge in [-0.2, -0.15) is 0 Å². The smallest absolute Gasteiger partial charge is 0.338 e. The minimum atomic E-state index is -2.09. The van der Waals surface area contributed by atoms with E-state index >= 15 is 0 Å². The van der Waals surface area contributed by atoms with Gasteiger partial charge in [0.2, 0.25) is 0 Å². The van der Waals surface area contributed by atoms with Crippen molar-refractivity contribution in [1.82, 2.24) is 4.98 Å². The molecular formula is C12H15NO7. The van der Waals surface area contributed by atoms with Gasteiger partial charge in [0.25, 0.3) is 0 Å². The van der Waals surface area contributed by atoms with Crippen LogP contribution in [-0.2, 0) is 20.9 Å². The largest absolute Gasteiger partial charge is 0.459 e. The summed E-state index contributed by atoms with van der Waals surface area (Å²) >= 11 is 0. The van der Waals surface area contributed by atoms with Crippen molar-refractivity contribution in [3.8, 4) is 0 Å². The van der Waals surface area contributed by atoms with Gasteiger partial charge in [-0.3, -0.25) is 4.98 Å². The first-order valence-electron chi connectivity index (χ1n) is 5.70. The van der Waals surface area contributed by atoms with Crippen LogP contribution in [0, 0.1) is 0 Å². The Balaban J connectivity index is 2.52. The molecule has 0 spiro atoms. The molecule has 0 amide bonds. The second kappa shape index (κ2) is 7.65. The van der Waals surface area contributed by atoms with Gasteiger partial charge in [-0.25, -0.2) is 4.79 Å². The minimum absolute atomic E-state index is 0.0262. The number of esters is 1. The first-order valence-corrected chi connectivity index (χ1v) is 5.70. The predicted molar refractivity (Wildman–Crippen MR) is 64.1 cm³/mol. The van der Waals surface area contributed by atoms with Crippen LogP contribution in [0.4, 0.5) is 0 Å². The molecule has 4 N–H and O–H groups in total. The molecule has 20 heavy (non-hydrogen) atoms. The number of hydrogen-bond acceptors (Lipinski definition) is 8. The van der Waals surface area contributed by atoms with Crippen LogP contribution in [0.2, 0.25) is 0 Å². The molecule has 1 aromatic rings. The van der Waals surface area contributed by atoms with Crippen molar-refractivity contribution in [2.24, 2.45) is 0 Å². The maximum Gasteiger partial charge on any atom is 0.338 e. The molecule has 8 nitrogen and oxygen atoms in total. The van der Waals surface area contributed by atoms with Crippen molar-refractivity contribution in [2.45, 2.75) is 31.0 Å². The molecule has 8 heteroatoms. The number of hydrogen-bond donors (Lipinski definition) is 4. The van der Waals surface area contributed by atoms with E-state index in [2.05, 4.69) is 4.98 Å². The Labute approximate surface area is 114 Å². The van der Waals surface area contributed by atoms with Crippen molar-refractivity contribution >= 4 is 12.3 Å². The third-order valence-electron chi connectivity index (χ3n) is 2.51. The summed E-state index contributed by atoms with van der Waals surface area (Å²) in [5.41, 5.74) is 0.566. The molecule has 0 aromatic carbocycles. The average molecular weight is 285 g/mol. The Morgan fingerprint density at radius 2 is 2.00 bits per heavy atom. The highest BCUT2D eigenvalue weighted by molar-refractivity contribution is 5.75. The van der Waals surface area contributed by atoms with Crippen molar-refractivity contribution in [2.75, 3.05) is 0 Å². The normalized spacial score (nSPS) is 16.8. The lowest BCUT2D eigenvalue weighted by Crippen LogP contribution is -2.48. The molecule has 4 atom stereocenters. The number of aliphatic hydroxyl groups is 4. The van der Waals surface area contributed by atoms with Crippen molar-refractivity contribution < 1.29 is 34.8 Å². The molecule has 0 radical (unpaired) electrons. The molecule has 0 aliphatic rings. The average Bonchev–Trinajstić information content (AvgIpc) is 2.50. The lowest BCUT2D eigenvalue weighted by molar-refractivity contribution is -0.170. The Hall–Kier alpha value is -1.87. The number of ether oxygens (including phenoxy) is 1. The van der Waals surface area contributed by atoms with Gasteiger partial charge in [0.15, 0.2) is 12.4 Å². The fourth-order valence-electron chi connectivity index (χ4n) is 1.33. The van der Waals surface area contributed by atoms with Gasteiger partial charge in [0.05, 0.1) is 0 Å². The molecule has 0 saturated carbocycles. The van der Waals surface area contributed by atoms with Crippen molar-refractivity contribution in [1.29, 1.82) is 0 Å². The maximum absolute atomic E-state index is 11.4. The second-order valence-electron chi connectivity index (χ2n) is 4.02. The fourth-order valence-corrected chi connectivity index (χ4v) is 1.33. The number of carbonyl (C=O) groups is 2. The molecule has 0 bridgehead atoms. The number of rotatable bonds is 7. The molecule has 1 rings (SSSR count). The molecule has 0 fully saturated rings. The summed E-state index contributed by atoms with van der Waals surface area (Å²) in [6.45, 7) is -0.178. The molecular weight excluding hydrogens is 270 g/mol. The van der Waals surface area contributed by atoms with Gasteiger partial charge in [0.1, 0.15) is 24.9 Å². The quantitative estimate of drug-likeness (QED) is 0.326. The predicted octanol–water partition coefficient (Wildman–Crippen LogP) is -2.23. The molecule has 110 valence electrons. The second-order valence-corrected chi connectivity index (χ2v) is 4.02. The number of carbonyl (C=O) groups excluding carboxylic acids is 2. The SMILES string of the molecule is O=C[C@H](O)[C@@H](O)[C@H](O)[C@H](O)C(=O)OCc1cccnc1. The third-order valence-corrected chi connectivity index (χ3v) is 2.51. The topological polar surface area (TPSA) is 137 Å². The van der Waals surface area contributed by atoms with Crippen LogP contribution < -0.4 is 0 Å². The Kier molecular flexibility index (Phi) is 6.19. The Morgan fingerprint density at radius 1 is 1.30 bits per heavy atom. The van der Waals surface area contributed by atoms with E-state index in [1.54, 1.807) is 12.1 Å². The van der Waals surface area contributed by atoms with Gasteiger partial charge in [-0.15, -0.1) is 0 Å². The first kappa shape index (κ1) is 16.2. The van der Waals surface area contributed by atoms with Crippen molar-refractivity contribution in [3.63, 3.8) is 0 Å². The van der Waals surface area contributed by atoms with E-state index in [1.165, 1.54) is 12.4 Å². The first-order chi connectivity index (χ1) is 9.47. The van der Waals surface area contributed by atoms with Crippen LogP contribution in [-0.4, -0.2) is 62.1 Å². The molecule has 0 aliphatic heterocycles. The van der Waals surface area contributed by atoms with Gasteiger partial charge < -0.3 is 30.0 Å². The van der Waals surface area contributed by atoms with E-state index in [-0.39, 0.29) is 12.9 Å². The number of aldehydes is 1. The molecule has 0 unspecified atom stereocenters. The van der Waals surface area contributed by atoms with Crippen LogP contribution in [0.5, 0.6) is 0 Å². The summed E-state index contributed by atoms with van der Waals surface area (Å²) in [5, 5.41) is 37.1. The van der Waals surface area contributed by atoms with Crippen LogP contribution >= 0.6 is 0 Å². The van der Waals surface area contributed by atoms with E-state index in [4.69, 9.17) is 9.84 Å². The van der Waals surface area contributed by atoms with Crippen LogP contribution in [0.1, 0.15) is 5.56 Å². The van der Waals surface area contributed by atoms with E-state index in [1.807, 2.05) is 0 Å². The number of nitrogens with zero attached hydrogens (tertiary/aromatic N) is 1.